The van der Waals surface area contributed by atoms with E-state index < -0.39 is 0 Å². The van der Waals surface area contributed by atoms with Crippen molar-refractivity contribution in [3.63, 3.8) is 0 Å². The highest BCUT2D eigenvalue weighted by Crippen LogP contribution is 2.24. The molecule has 1 N–H and O–H groups in total. The zero-order chi connectivity index (χ0) is 17.1. The Labute approximate surface area is 143 Å². The summed E-state index contributed by atoms with van der Waals surface area (Å²) in [5.74, 6) is 0.775. The molecule has 0 spiro atoms. The molecule has 1 aromatic carbocycles. The third-order valence-corrected chi connectivity index (χ3v) is 4.93. The van der Waals surface area contributed by atoms with E-state index in [1.54, 1.807) is 0 Å². The van der Waals surface area contributed by atoms with E-state index in [1.165, 1.54) is 5.56 Å². The summed E-state index contributed by atoms with van der Waals surface area (Å²) in [4.78, 5) is 14.7. The molecule has 5 nitrogen and oxygen atoms in total. The lowest BCUT2D eigenvalue weighted by Crippen LogP contribution is -2.38. The Morgan fingerprint density at radius 1 is 1.38 bits per heavy atom. The fourth-order valence-electron chi connectivity index (χ4n) is 3.39. The third kappa shape index (κ3) is 3.67. The van der Waals surface area contributed by atoms with Gasteiger partial charge in [-0.15, -0.1) is 0 Å². The molecule has 1 aliphatic heterocycles. The molecule has 2 heterocycles. The monoisotopic (exact) mass is 327 g/mol. The van der Waals surface area contributed by atoms with Crippen LogP contribution in [0.5, 0.6) is 0 Å². The fourth-order valence-corrected chi connectivity index (χ4v) is 3.39. The van der Waals surface area contributed by atoms with Crippen LogP contribution < -0.4 is 5.32 Å². The van der Waals surface area contributed by atoms with Gasteiger partial charge in [-0.05, 0) is 32.8 Å². The Bertz CT molecular complexity index is 676. The van der Waals surface area contributed by atoms with Gasteiger partial charge in [0, 0.05) is 30.7 Å². The maximum atomic E-state index is 12.3. The van der Waals surface area contributed by atoms with Gasteiger partial charge in [0.1, 0.15) is 5.76 Å². The van der Waals surface area contributed by atoms with Crippen LogP contribution in [-0.2, 0) is 11.2 Å². The van der Waals surface area contributed by atoms with E-state index in [9.17, 15) is 4.79 Å². The summed E-state index contributed by atoms with van der Waals surface area (Å²) in [6.07, 6.45) is 1.33. The predicted octanol–water partition coefficient (Wildman–Crippen LogP) is 2.79. The molecule has 2 aromatic rings. The van der Waals surface area contributed by atoms with Crippen LogP contribution in [0.3, 0.4) is 0 Å². The van der Waals surface area contributed by atoms with Gasteiger partial charge < -0.3 is 9.84 Å². The van der Waals surface area contributed by atoms with Gasteiger partial charge in [-0.25, -0.2) is 0 Å². The summed E-state index contributed by atoms with van der Waals surface area (Å²) in [7, 11) is 0. The zero-order valence-electron chi connectivity index (χ0n) is 14.6. The lowest BCUT2D eigenvalue weighted by atomic mass is 10.1. The molecule has 0 unspecified atom stereocenters. The Balaban J connectivity index is 1.53. The van der Waals surface area contributed by atoms with Crippen LogP contribution in [0.4, 0.5) is 0 Å². The zero-order valence-corrected chi connectivity index (χ0v) is 14.6. The van der Waals surface area contributed by atoms with Gasteiger partial charge in [0.05, 0.1) is 12.1 Å². The number of carbonyl (C=O) groups excluding carboxylic acids is 1. The van der Waals surface area contributed by atoms with Gasteiger partial charge in [-0.2, -0.15) is 0 Å². The molecule has 1 aliphatic rings. The largest absolute Gasteiger partial charge is 0.361 e. The second-order valence-electron chi connectivity index (χ2n) is 6.61. The molecule has 0 radical (unpaired) electrons. The summed E-state index contributed by atoms with van der Waals surface area (Å²) in [5.41, 5.74) is 3.02. The summed E-state index contributed by atoms with van der Waals surface area (Å²) in [5, 5.41) is 7.06. The Morgan fingerprint density at radius 3 is 2.79 bits per heavy atom. The minimum absolute atomic E-state index is 0.0450. The number of amides is 1. The van der Waals surface area contributed by atoms with Crippen molar-refractivity contribution in [1.82, 2.24) is 15.4 Å². The van der Waals surface area contributed by atoms with Crippen molar-refractivity contribution < 1.29 is 9.32 Å². The van der Waals surface area contributed by atoms with E-state index in [0.29, 0.717) is 12.5 Å². The number of nitrogens with zero attached hydrogens (tertiary/aromatic N) is 2. The van der Waals surface area contributed by atoms with E-state index in [2.05, 4.69) is 46.6 Å². The number of nitrogens with one attached hydrogen (secondary N) is 1. The van der Waals surface area contributed by atoms with E-state index in [-0.39, 0.29) is 11.9 Å². The van der Waals surface area contributed by atoms with Crippen LogP contribution >= 0.6 is 0 Å². The van der Waals surface area contributed by atoms with Crippen LogP contribution in [0.2, 0.25) is 0 Å². The molecule has 0 saturated carbocycles. The molecule has 128 valence electrons. The van der Waals surface area contributed by atoms with Gasteiger partial charge in [0.15, 0.2) is 0 Å². The average Bonchev–Trinajstić information content (AvgIpc) is 3.17. The predicted molar refractivity (Wildman–Crippen MR) is 92.7 cm³/mol. The number of rotatable bonds is 5. The van der Waals surface area contributed by atoms with Crippen LogP contribution in [0.1, 0.15) is 42.0 Å². The summed E-state index contributed by atoms with van der Waals surface area (Å²) < 4.78 is 5.13. The van der Waals surface area contributed by atoms with Crippen molar-refractivity contribution in [3.8, 4) is 0 Å². The van der Waals surface area contributed by atoms with Crippen LogP contribution in [-0.4, -0.2) is 35.1 Å². The molecule has 0 aliphatic carbocycles. The maximum Gasteiger partial charge on any atom is 0.224 e. The molecule has 24 heavy (non-hydrogen) atoms. The summed E-state index contributed by atoms with van der Waals surface area (Å²) >= 11 is 0. The molecule has 1 fully saturated rings. The quantitative estimate of drug-likeness (QED) is 0.917. The van der Waals surface area contributed by atoms with Gasteiger partial charge >= 0.3 is 0 Å². The van der Waals surface area contributed by atoms with Crippen molar-refractivity contribution >= 4 is 5.91 Å². The summed E-state index contributed by atoms with van der Waals surface area (Å²) in [6, 6.07) is 11.1. The van der Waals surface area contributed by atoms with Crippen LogP contribution in [0, 0.1) is 13.8 Å². The first-order valence-corrected chi connectivity index (χ1v) is 8.54. The molecular formula is C19H25N3O2. The van der Waals surface area contributed by atoms with E-state index in [4.69, 9.17) is 4.52 Å². The van der Waals surface area contributed by atoms with Gasteiger partial charge in [0.25, 0.3) is 0 Å². The third-order valence-electron chi connectivity index (χ3n) is 4.93. The van der Waals surface area contributed by atoms with Crippen molar-refractivity contribution in [2.45, 2.75) is 45.7 Å². The van der Waals surface area contributed by atoms with Crippen molar-refractivity contribution in [2.75, 3.05) is 13.1 Å². The lowest BCUT2D eigenvalue weighted by Gasteiger charge is -2.24. The van der Waals surface area contributed by atoms with E-state index in [1.807, 2.05) is 19.9 Å². The van der Waals surface area contributed by atoms with Gasteiger partial charge in [-0.3, -0.25) is 9.69 Å². The molecule has 1 saturated heterocycles. The molecule has 0 bridgehead atoms. The highest BCUT2D eigenvalue weighted by atomic mass is 16.5. The van der Waals surface area contributed by atoms with Gasteiger partial charge in [-0.1, -0.05) is 35.5 Å². The summed E-state index contributed by atoms with van der Waals surface area (Å²) in [6.45, 7) is 7.85. The standard InChI is InChI=1S/C19H25N3O2/c1-13-18(15(3)24-21-13)11-19(23)20-17-9-10-22(12-17)14(2)16-7-5-4-6-8-16/h4-8,14,17H,9-12H2,1-3H3,(H,20,23)/t14-,17-/m1/s1. The SMILES string of the molecule is Cc1noc(C)c1CC(=O)N[C@@H]1CCN([C@H](C)c2ccccc2)C1. The minimum Gasteiger partial charge on any atom is -0.361 e. The lowest BCUT2D eigenvalue weighted by molar-refractivity contribution is -0.121. The molecule has 1 amide bonds. The Morgan fingerprint density at radius 2 is 2.12 bits per heavy atom. The molecule has 3 rings (SSSR count). The second kappa shape index (κ2) is 7.18. The molecule has 1 aromatic heterocycles. The molecular weight excluding hydrogens is 302 g/mol. The molecule has 5 heteroatoms. The minimum atomic E-state index is 0.0450. The first-order chi connectivity index (χ1) is 11.5. The fraction of sp³-hybridized carbons (Fsp3) is 0.474. The smallest absolute Gasteiger partial charge is 0.224 e. The highest BCUT2D eigenvalue weighted by Gasteiger charge is 2.28. The van der Waals surface area contributed by atoms with Crippen LogP contribution in [0.25, 0.3) is 0 Å². The Kier molecular flexibility index (Phi) is 5.00. The number of hydrogen-bond acceptors (Lipinski definition) is 4. The number of aryl methyl sites for hydroxylation is 2. The number of benzene rings is 1. The van der Waals surface area contributed by atoms with Crippen molar-refractivity contribution in [2.24, 2.45) is 0 Å². The van der Waals surface area contributed by atoms with Crippen molar-refractivity contribution in [3.05, 3.63) is 52.9 Å². The molecule has 2 atom stereocenters. The first kappa shape index (κ1) is 16.7. The number of likely N-dealkylation sites (tertiary alicyclic amines) is 1. The number of aromatic nitrogens is 1. The van der Waals surface area contributed by atoms with E-state index >= 15 is 0 Å². The normalized spacial score (nSPS) is 19.4. The van der Waals surface area contributed by atoms with Crippen molar-refractivity contribution in [1.29, 1.82) is 0 Å². The number of carbonyl (C=O) groups is 1. The Hall–Kier alpha value is -2.14. The van der Waals surface area contributed by atoms with E-state index in [0.717, 1.165) is 36.5 Å². The average molecular weight is 327 g/mol. The maximum absolute atomic E-state index is 12.3. The topological polar surface area (TPSA) is 58.4 Å². The van der Waals surface area contributed by atoms with Gasteiger partial charge in [0.2, 0.25) is 5.91 Å². The second-order valence-corrected chi connectivity index (χ2v) is 6.61. The highest BCUT2D eigenvalue weighted by molar-refractivity contribution is 5.79. The van der Waals surface area contributed by atoms with Crippen LogP contribution in [0.15, 0.2) is 34.9 Å². The number of hydrogen-bond donors (Lipinski definition) is 1. The first-order valence-electron chi connectivity index (χ1n) is 8.54.